The molecule has 2 unspecified atom stereocenters. The third-order valence-corrected chi connectivity index (χ3v) is 13.4. The van der Waals surface area contributed by atoms with E-state index < -0.39 is 32.5 Å². The van der Waals surface area contributed by atoms with Gasteiger partial charge in [0, 0.05) is 12.8 Å². The van der Waals surface area contributed by atoms with Crippen molar-refractivity contribution in [3.05, 3.63) is 182 Å². The van der Waals surface area contributed by atoms with Crippen LogP contribution in [0.25, 0.3) is 0 Å². The van der Waals surface area contributed by atoms with Crippen molar-refractivity contribution in [2.75, 3.05) is 47.5 Å². The number of hydrogen-bond acceptors (Lipinski definition) is 8. The van der Waals surface area contributed by atoms with Gasteiger partial charge in [0.2, 0.25) is 0 Å². The van der Waals surface area contributed by atoms with Crippen molar-refractivity contribution < 1.29 is 42.1 Å². The number of unbranched alkanes of at least 4 members (excludes halogenated alkanes) is 11. The fourth-order valence-electron chi connectivity index (χ4n) is 7.65. The topological polar surface area (TPSA) is 111 Å². The number of carbonyl (C=O) groups excluding carboxylic acids is 2. The molecule has 0 fully saturated rings. The van der Waals surface area contributed by atoms with Crippen molar-refractivity contribution in [2.45, 2.75) is 213 Å². The van der Waals surface area contributed by atoms with Crippen molar-refractivity contribution in [2.24, 2.45) is 0 Å². The number of quaternary nitrogens is 1. The molecule has 0 saturated heterocycles. The van der Waals surface area contributed by atoms with Gasteiger partial charge in [-0.25, -0.2) is 0 Å². The highest BCUT2D eigenvalue weighted by atomic mass is 31.2. The highest BCUT2D eigenvalue weighted by molar-refractivity contribution is 7.45. The lowest BCUT2D eigenvalue weighted by Gasteiger charge is -2.28. The number of esters is 2. The van der Waals surface area contributed by atoms with Crippen LogP contribution in [0.15, 0.2) is 182 Å². The van der Waals surface area contributed by atoms with E-state index in [1.807, 2.05) is 21.1 Å². The van der Waals surface area contributed by atoms with Gasteiger partial charge in [-0.15, -0.1) is 0 Å². The van der Waals surface area contributed by atoms with Crippen molar-refractivity contribution in [1.82, 2.24) is 0 Å². The van der Waals surface area contributed by atoms with E-state index in [4.69, 9.17) is 18.5 Å². The van der Waals surface area contributed by atoms with Crippen LogP contribution in [0.2, 0.25) is 0 Å². The number of allylic oxidation sites excluding steroid dienone is 30. The van der Waals surface area contributed by atoms with Crippen LogP contribution in [-0.4, -0.2) is 70.0 Å². The molecule has 0 aliphatic rings. The van der Waals surface area contributed by atoms with Crippen molar-refractivity contribution in [1.29, 1.82) is 0 Å². The minimum atomic E-state index is -4.67. The molecule has 82 heavy (non-hydrogen) atoms. The fourth-order valence-corrected chi connectivity index (χ4v) is 8.38. The summed E-state index contributed by atoms with van der Waals surface area (Å²) in [5.41, 5.74) is 0. The summed E-state index contributed by atoms with van der Waals surface area (Å²) in [5.74, 6) is -0.908. The molecule has 0 spiro atoms. The molecule has 460 valence electrons. The Morgan fingerprint density at radius 3 is 1.00 bits per heavy atom. The summed E-state index contributed by atoms with van der Waals surface area (Å²) in [7, 11) is 1.10. The first-order valence-electron chi connectivity index (χ1n) is 31.5. The van der Waals surface area contributed by atoms with Gasteiger partial charge in [-0.3, -0.25) is 14.2 Å². The molecule has 0 aliphatic carbocycles. The lowest BCUT2D eigenvalue weighted by atomic mass is 10.1. The second kappa shape index (κ2) is 60.7. The first kappa shape index (κ1) is 77.1. The van der Waals surface area contributed by atoms with Crippen molar-refractivity contribution in [3.63, 3.8) is 0 Å². The summed E-state index contributed by atoms with van der Waals surface area (Å²) in [6.45, 7) is 3.92. The molecule has 9 nitrogen and oxygen atoms in total. The van der Waals surface area contributed by atoms with Gasteiger partial charge in [0.15, 0.2) is 6.10 Å². The van der Waals surface area contributed by atoms with E-state index in [1.165, 1.54) is 32.1 Å². The molecule has 0 radical (unpaired) electrons. The Hall–Kier alpha value is -4.89. The minimum Gasteiger partial charge on any atom is -0.756 e. The van der Waals surface area contributed by atoms with Gasteiger partial charge in [0.25, 0.3) is 7.82 Å². The normalized spacial score (nSPS) is 14.5. The Bertz CT molecular complexity index is 2030. The Labute approximate surface area is 501 Å². The number of ether oxygens (including phenoxy) is 2. The smallest absolute Gasteiger partial charge is 0.306 e. The Morgan fingerprint density at radius 2 is 0.659 bits per heavy atom. The molecular formula is C72H114NO8P. The van der Waals surface area contributed by atoms with E-state index in [1.54, 1.807) is 0 Å². The second-order valence-electron chi connectivity index (χ2n) is 21.3. The molecule has 0 bridgehead atoms. The molecule has 0 saturated carbocycles. The molecular weight excluding hydrogens is 1040 g/mol. The SMILES string of the molecule is CC/C=C\C/C=C\C/C=C\C/C=C\C/C=C\C/C=C\C/C=C\C/C=C\C/C=C\C/C=C\CCCCC(=O)OC(COC(=O)CCCCCCCCCCC/C=C\C/C=C\C/C=C\C/C=C\C/C=C\CC)COP(=O)([O-])OCC[N+](C)(C)C. The maximum absolute atomic E-state index is 12.8. The molecule has 0 aromatic carbocycles. The minimum absolute atomic E-state index is 0.0516. The zero-order valence-electron chi connectivity index (χ0n) is 52.1. The van der Waals surface area contributed by atoms with Crippen LogP contribution >= 0.6 is 7.82 Å². The average molecular weight is 1150 g/mol. The van der Waals surface area contributed by atoms with E-state index in [0.29, 0.717) is 23.9 Å². The van der Waals surface area contributed by atoms with E-state index in [9.17, 15) is 19.0 Å². The Morgan fingerprint density at radius 1 is 0.378 bits per heavy atom. The first-order valence-corrected chi connectivity index (χ1v) is 33.0. The van der Waals surface area contributed by atoms with Crippen LogP contribution in [0.4, 0.5) is 0 Å². The van der Waals surface area contributed by atoms with Gasteiger partial charge < -0.3 is 27.9 Å². The number of rotatable bonds is 55. The summed E-state index contributed by atoms with van der Waals surface area (Å²) in [5, 5.41) is 0. The average Bonchev–Trinajstić information content (AvgIpc) is 3.46. The molecule has 2 atom stereocenters. The third kappa shape index (κ3) is 64.3. The van der Waals surface area contributed by atoms with Gasteiger partial charge >= 0.3 is 11.9 Å². The molecule has 0 heterocycles. The zero-order chi connectivity index (χ0) is 59.8. The molecule has 0 aromatic rings. The van der Waals surface area contributed by atoms with E-state index in [-0.39, 0.29) is 26.1 Å². The zero-order valence-corrected chi connectivity index (χ0v) is 53.0. The van der Waals surface area contributed by atoms with Crippen molar-refractivity contribution in [3.8, 4) is 0 Å². The van der Waals surface area contributed by atoms with Crippen LogP contribution in [0.3, 0.4) is 0 Å². The Balaban J connectivity index is 4.30. The highest BCUT2D eigenvalue weighted by Crippen LogP contribution is 2.38. The van der Waals surface area contributed by atoms with Gasteiger partial charge in [-0.05, 0) is 135 Å². The molecule has 10 heteroatoms. The predicted octanol–water partition coefficient (Wildman–Crippen LogP) is 19.7. The third-order valence-electron chi connectivity index (χ3n) is 12.4. The Kier molecular flexibility index (Phi) is 57.1. The number of phosphoric acid groups is 1. The number of carbonyl (C=O) groups is 2. The summed E-state index contributed by atoms with van der Waals surface area (Å²) >= 11 is 0. The van der Waals surface area contributed by atoms with E-state index in [0.717, 1.165) is 135 Å². The maximum Gasteiger partial charge on any atom is 0.306 e. The fraction of sp³-hybridized carbons (Fsp3) is 0.556. The quantitative estimate of drug-likeness (QED) is 0.0195. The van der Waals surface area contributed by atoms with Crippen LogP contribution in [0.5, 0.6) is 0 Å². The molecule has 0 N–H and O–H groups in total. The molecule has 0 rings (SSSR count). The lowest BCUT2D eigenvalue weighted by Crippen LogP contribution is -2.37. The maximum atomic E-state index is 12.8. The number of nitrogens with zero attached hydrogens (tertiary/aromatic N) is 1. The molecule has 0 aromatic heterocycles. The first-order chi connectivity index (χ1) is 40.0. The molecule has 0 amide bonds. The van der Waals surface area contributed by atoms with Gasteiger partial charge in [0.1, 0.15) is 19.8 Å². The summed E-state index contributed by atoms with van der Waals surface area (Å²) in [6, 6.07) is 0. The monoisotopic (exact) mass is 1150 g/mol. The van der Waals surface area contributed by atoms with E-state index in [2.05, 4.69) is 196 Å². The number of hydrogen-bond donors (Lipinski definition) is 0. The van der Waals surface area contributed by atoms with Crippen LogP contribution in [0.1, 0.15) is 206 Å². The van der Waals surface area contributed by atoms with Crippen molar-refractivity contribution >= 4 is 19.8 Å². The van der Waals surface area contributed by atoms with Crippen LogP contribution < -0.4 is 4.89 Å². The highest BCUT2D eigenvalue weighted by Gasteiger charge is 2.21. The predicted molar refractivity (Wildman–Crippen MR) is 350 cm³/mol. The summed E-state index contributed by atoms with van der Waals surface area (Å²) < 4.78 is 34.1. The van der Waals surface area contributed by atoms with Crippen LogP contribution in [-0.2, 0) is 32.7 Å². The van der Waals surface area contributed by atoms with Crippen LogP contribution in [0, 0.1) is 0 Å². The largest absolute Gasteiger partial charge is 0.756 e. The standard InChI is InChI=1S/C72H114NO8P/c1-6-8-10-12-14-16-18-20-22-24-26-28-30-32-33-34-35-36-37-38-39-41-43-45-47-49-51-53-55-57-59-61-63-65-72(75)81-70(69-80-82(76,77)79-67-66-73(3,4)5)68-78-71(74)64-62-60-58-56-54-52-50-48-46-44-42-40-31-29-27-25-23-21-19-17-15-13-11-9-7-2/h8-11,14-17,20-23,26-29,32-33,35-36,38-40,42-43,45,49,51,55,57,70H,6-7,12-13,18-19,24-25,30-31,34,37,41,44,46-48,50,52-54,56,58-69H2,1-5H3/b10-8-,11-9-,16-14-,17-15-,22-20-,23-21-,28-26-,29-27-,33-32-,36-35-,39-38-,42-40-,45-43-,51-49-,57-55-. The lowest BCUT2D eigenvalue weighted by molar-refractivity contribution is -0.870. The van der Waals surface area contributed by atoms with E-state index >= 15 is 0 Å². The second-order valence-corrected chi connectivity index (χ2v) is 22.7. The van der Waals surface area contributed by atoms with Gasteiger partial charge in [-0.1, -0.05) is 241 Å². The number of phosphoric ester groups is 1. The number of likely N-dealkylation sites (N-methyl/N-ethyl adjacent to an activating group) is 1. The summed E-state index contributed by atoms with van der Waals surface area (Å²) in [6.07, 6.45) is 93.8. The molecule has 0 aliphatic heterocycles. The van der Waals surface area contributed by atoms with Gasteiger partial charge in [0.05, 0.1) is 27.7 Å². The summed E-state index contributed by atoms with van der Waals surface area (Å²) in [4.78, 5) is 38.0. The van der Waals surface area contributed by atoms with Gasteiger partial charge in [-0.2, -0.15) is 0 Å².